The SMILES string of the molecule is O=C(O)CCCC=CC[C@@H]1C(=CC[C@@H](O)c2nc3ccccc3s2)C(=O)C[C@@H]1O. The highest BCUT2D eigenvalue weighted by Gasteiger charge is 2.35. The first-order chi connectivity index (χ1) is 14.0. The van der Waals surface area contributed by atoms with E-state index in [1.165, 1.54) is 11.3 Å². The van der Waals surface area contributed by atoms with Crippen molar-refractivity contribution in [2.45, 2.75) is 50.7 Å². The minimum absolute atomic E-state index is 0.0849. The maximum Gasteiger partial charge on any atom is 0.303 e. The third-order valence-electron chi connectivity index (χ3n) is 5.06. The quantitative estimate of drug-likeness (QED) is 0.327. The van der Waals surface area contributed by atoms with Crippen LogP contribution in [0.15, 0.2) is 48.1 Å². The molecule has 0 bridgehead atoms. The zero-order valence-corrected chi connectivity index (χ0v) is 16.8. The van der Waals surface area contributed by atoms with Crippen molar-refractivity contribution in [2.75, 3.05) is 0 Å². The first-order valence-corrected chi connectivity index (χ1v) is 10.6. The standard InChI is InChI=1S/C22H25NO5S/c24-17(22-23-16-8-5-6-9-20(16)29-22)12-11-15-14(18(25)13-19(15)26)7-3-1-2-4-10-21(27)28/h1,3,5-6,8-9,11,14,17-18,24-25H,2,4,7,10,12-13H2,(H,27,28)/t14-,17-,18+/m1/s1. The van der Waals surface area contributed by atoms with Crippen molar-refractivity contribution in [3.05, 3.63) is 53.1 Å². The molecule has 0 unspecified atom stereocenters. The highest BCUT2D eigenvalue weighted by molar-refractivity contribution is 7.18. The van der Waals surface area contributed by atoms with E-state index in [9.17, 15) is 19.8 Å². The van der Waals surface area contributed by atoms with Gasteiger partial charge in [-0.2, -0.15) is 0 Å². The number of aliphatic hydroxyl groups is 2. The van der Waals surface area contributed by atoms with Crippen molar-refractivity contribution in [3.8, 4) is 0 Å². The molecule has 0 radical (unpaired) electrons. The Morgan fingerprint density at radius 2 is 2.10 bits per heavy atom. The number of allylic oxidation sites excluding steroid dienone is 2. The van der Waals surface area contributed by atoms with Crippen LogP contribution in [0.3, 0.4) is 0 Å². The summed E-state index contributed by atoms with van der Waals surface area (Å²) in [7, 11) is 0. The molecule has 1 aromatic carbocycles. The van der Waals surface area contributed by atoms with Crippen LogP contribution in [0.25, 0.3) is 10.2 Å². The number of hydrogen-bond acceptors (Lipinski definition) is 6. The molecule has 3 rings (SSSR count). The van der Waals surface area contributed by atoms with Crippen LogP contribution in [0.5, 0.6) is 0 Å². The Kier molecular flexibility index (Phi) is 7.30. The molecule has 3 N–H and O–H groups in total. The number of aliphatic hydroxyl groups excluding tert-OH is 2. The Morgan fingerprint density at radius 3 is 2.86 bits per heavy atom. The molecule has 1 aliphatic rings. The largest absolute Gasteiger partial charge is 0.481 e. The molecule has 2 aromatic rings. The fourth-order valence-electron chi connectivity index (χ4n) is 3.52. The molecule has 0 saturated heterocycles. The fourth-order valence-corrected chi connectivity index (χ4v) is 4.48. The first-order valence-electron chi connectivity index (χ1n) is 9.77. The maximum atomic E-state index is 12.3. The first kappa shape index (κ1) is 21.4. The molecular weight excluding hydrogens is 390 g/mol. The number of Topliss-reactive ketones (excluding diaryl/α,β-unsaturated/α-hetero) is 1. The van der Waals surface area contributed by atoms with Gasteiger partial charge in [0.25, 0.3) is 0 Å². The minimum Gasteiger partial charge on any atom is -0.481 e. The third-order valence-corrected chi connectivity index (χ3v) is 6.19. The van der Waals surface area contributed by atoms with Gasteiger partial charge in [0, 0.05) is 18.8 Å². The number of para-hydroxylation sites is 1. The summed E-state index contributed by atoms with van der Waals surface area (Å²) in [5.41, 5.74) is 1.41. The van der Waals surface area contributed by atoms with Gasteiger partial charge in [-0.15, -0.1) is 11.3 Å². The van der Waals surface area contributed by atoms with E-state index in [4.69, 9.17) is 5.11 Å². The summed E-state index contributed by atoms with van der Waals surface area (Å²) in [4.78, 5) is 27.3. The van der Waals surface area contributed by atoms with Crippen LogP contribution in [-0.4, -0.2) is 38.2 Å². The van der Waals surface area contributed by atoms with E-state index in [-0.39, 0.29) is 31.0 Å². The summed E-state index contributed by atoms with van der Waals surface area (Å²) >= 11 is 1.44. The smallest absolute Gasteiger partial charge is 0.303 e. The van der Waals surface area contributed by atoms with Gasteiger partial charge in [-0.25, -0.2) is 4.98 Å². The highest BCUT2D eigenvalue weighted by Crippen LogP contribution is 2.34. The third kappa shape index (κ3) is 5.59. The van der Waals surface area contributed by atoms with Crippen LogP contribution < -0.4 is 0 Å². The number of aromatic nitrogens is 1. The number of carboxylic acids is 1. The molecule has 7 heteroatoms. The normalized spacial score (nSPS) is 22.1. The second-order valence-electron chi connectivity index (χ2n) is 7.23. The van der Waals surface area contributed by atoms with E-state index in [1.54, 1.807) is 6.08 Å². The van der Waals surface area contributed by atoms with Gasteiger partial charge >= 0.3 is 5.97 Å². The lowest BCUT2D eigenvalue weighted by Gasteiger charge is -2.13. The fraction of sp³-hybridized carbons (Fsp3) is 0.409. The lowest BCUT2D eigenvalue weighted by Crippen LogP contribution is -2.13. The number of rotatable bonds is 9. The molecule has 0 aliphatic heterocycles. The molecule has 1 saturated carbocycles. The molecule has 6 nitrogen and oxygen atoms in total. The van der Waals surface area contributed by atoms with E-state index in [2.05, 4.69) is 4.98 Å². The molecule has 1 fully saturated rings. The van der Waals surface area contributed by atoms with Crippen molar-refractivity contribution >= 4 is 33.3 Å². The number of carboxylic acid groups (broad SMARTS) is 1. The molecule has 1 aromatic heterocycles. The monoisotopic (exact) mass is 415 g/mol. The number of carbonyl (C=O) groups is 2. The van der Waals surface area contributed by atoms with Gasteiger partial charge in [-0.1, -0.05) is 30.4 Å². The van der Waals surface area contributed by atoms with Crippen LogP contribution in [0.4, 0.5) is 0 Å². The summed E-state index contributed by atoms with van der Waals surface area (Å²) in [5.74, 6) is -1.19. The van der Waals surface area contributed by atoms with Crippen molar-refractivity contribution in [1.29, 1.82) is 0 Å². The minimum atomic E-state index is -0.813. The Labute approximate surface area is 173 Å². The van der Waals surface area contributed by atoms with E-state index in [0.717, 1.165) is 10.2 Å². The number of carbonyl (C=O) groups excluding carboxylic acids is 1. The average Bonchev–Trinajstić information content (AvgIpc) is 3.23. The summed E-state index contributed by atoms with van der Waals surface area (Å²) < 4.78 is 1.01. The van der Waals surface area contributed by atoms with Gasteiger partial charge < -0.3 is 15.3 Å². The van der Waals surface area contributed by atoms with Crippen molar-refractivity contribution < 1.29 is 24.9 Å². The van der Waals surface area contributed by atoms with Crippen LogP contribution >= 0.6 is 11.3 Å². The zero-order chi connectivity index (χ0) is 20.8. The van der Waals surface area contributed by atoms with E-state index >= 15 is 0 Å². The second-order valence-corrected chi connectivity index (χ2v) is 8.29. The average molecular weight is 416 g/mol. The van der Waals surface area contributed by atoms with Gasteiger partial charge in [0.2, 0.25) is 0 Å². The van der Waals surface area contributed by atoms with E-state index in [1.807, 2.05) is 36.4 Å². The predicted octanol–water partition coefficient (Wildman–Crippen LogP) is 3.80. The summed E-state index contributed by atoms with van der Waals surface area (Å²) in [5, 5.41) is 30.0. The lowest BCUT2D eigenvalue weighted by atomic mass is 9.95. The number of unbranched alkanes of at least 4 members (excludes halogenated alkanes) is 1. The van der Waals surface area contributed by atoms with Crippen molar-refractivity contribution in [1.82, 2.24) is 4.98 Å². The maximum absolute atomic E-state index is 12.3. The van der Waals surface area contributed by atoms with Gasteiger partial charge in [0.15, 0.2) is 5.78 Å². The number of nitrogens with zero attached hydrogens (tertiary/aromatic N) is 1. The lowest BCUT2D eigenvalue weighted by molar-refractivity contribution is -0.137. The Bertz CT molecular complexity index is 899. The molecule has 0 amide bonds. The molecular formula is C22H25NO5S. The Morgan fingerprint density at radius 1 is 1.31 bits per heavy atom. The number of benzene rings is 1. The topological polar surface area (TPSA) is 108 Å². The van der Waals surface area contributed by atoms with Gasteiger partial charge in [-0.05, 0) is 43.4 Å². The number of hydrogen-bond donors (Lipinski definition) is 3. The summed E-state index contributed by atoms with van der Waals surface area (Å²) in [6.45, 7) is 0. The molecule has 1 aliphatic carbocycles. The van der Waals surface area contributed by atoms with Crippen LogP contribution in [0.1, 0.15) is 49.6 Å². The molecule has 3 atom stereocenters. The van der Waals surface area contributed by atoms with Gasteiger partial charge in [0.05, 0.1) is 16.3 Å². The second kappa shape index (κ2) is 9.91. The number of aliphatic carboxylic acids is 1. The Balaban J connectivity index is 1.61. The van der Waals surface area contributed by atoms with Crippen molar-refractivity contribution in [3.63, 3.8) is 0 Å². The molecule has 0 spiro atoms. The molecule has 29 heavy (non-hydrogen) atoms. The number of thiazole rings is 1. The number of ketones is 1. The Hall–Kier alpha value is -2.35. The van der Waals surface area contributed by atoms with Crippen LogP contribution in [0.2, 0.25) is 0 Å². The van der Waals surface area contributed by atoms with Gasteiger partial charge in [-0.3, -0.25) is 9.59 Å². The molecule has 154 valence electrons. The number of fused-ring (bicyclic) bond motifs is 1. The molecule has 1 heterocycles. The van der Waals surface area contributed by atoms with E-state index < -0.39 is 18.2 Å². The predicted molar refractivity (Wildman–Crippen MR) is 112 cm³/mol. The van der Waals surface area contributed by atoms with Crippen LogP contribution in [0, 0.1) is 5.92 Å². The summed E-state index contributed by atoms with van der Waals surface area (Å²) in [6.07, 6.45) is 6.23. The zero-order valence-electron chi connectivity index (χ0n) is 16.0. The summed E-state index contributed by atoms with van der Waals surface area (Å²) in [6, 6.07) is 7.68. The van der Waals surface area contributed by atoms with Crippen molar-refractivity contribution in [2.24, 2.45) is 5.92 Å². The highest BCUT2D eigenvalue weighted by atomic mass is 32.1. The van der Waals surface area contributed by atoms with Crippen LogP contribution in [-0.2, 0) is 9.59 Å². The van der Waals surface area contributed by atoms with E-state index in [0.29, 0.717) is 29.8 Å². The van der Waals surface area contributed by atoms with Gasteiger partial charge in [0.1, 0.15) is 11.1 Å².